The second kappa shape index (κ2) is 7.86. The van der Waals surface area contributed by atoms with Gasteiger partial charge < -0.3 is 14.5 Å². The summed E-state index contributed by atoms with van der Waals surface area (Å²) >= 11 is 0. The highest BCUT2D eigenvalue weighted by Crippen LogP contribution is 2.53. The minimum atomic E-state index is -1.16. The summed E-state index contributed by atoms with van der Waals surface area (Å²) in [4.78, 5) is 46.6. The van der Waals surface area contributed by atoms with E-state index in [2.05, 4.69) is 0 Å². The van der Waals surface area contributed by atoms with Crippen LogP contribution in [-0.4, -0.2) is 59.8 Å². The Morgan fingerprint density at radius 3 is 2.59 bits per heavy atom. The molecule has 2 saturated heterocycles. The van der Waals surface area contributed by atoms with Crippen molar-refractivity contribution in [1.82, 2.24) is 9.80 Å². The number of carbonyl (C=O) groups excluding carboxylic acids is 3. The molecule has 0 unspecified atom stereocenters. The van der Waals surface area contributed by atoms with Crippen LogP contribution in [0.1, 0.15) is 46.1 Å². The maximum absolute atomic E-state index is 14.3. The molecule has 34 heavy (non-hydrogen) atoms. The van der Waals surface area contributed by atoms with Crippen LogP contribution in [0, 0.1) is 0 Å². The highest BCUT2D eigenvalue weighted by Gasteiger charge is 2.63. The number of rotatable bonds is 4. The van der Waals surface area contributed by atoms with E-state index in [4.69, 9.17) is 4.74 Å². The van der Waals surface area contributed by atoms with Crippen molar-refractivity contribution in [2.75, 3.05) is 25.1 Å². The molecule has 178 valence electrons. The summed E-state index contributed by atoms with van der Waals surface area (Å²) in [6.45, 7) is 8.89. The maximum atomic E-state index is 14.3. The van der Waals surface area contributed by atoms with Crippen molar-refractivity contribution < 1.29 is 19.1 Å². The van der Waals surface area contributed by atoms with Crippen molar-refractivity contribution in [3.05, 3.63) is 58.8 Å². The molecule has 5 rings (SSSR count). The maximum Gasteiger partial charge on any atom is 0.270 e. The summed E-state index contributed by atoms with van der Waals surface area (Å²) in [7, 11) is 1.60. The molecule has 3 amide bonds. The van der Waals surface area contributed by atoms with E-state index in [0.29, 0.717) is 31.0 Å². The van der Waals surface area contributed by atoms with Crippen molar-refractivity contribution in [3.63, 3.8) is 0 Å². The van der Waals surface area contributed by atoms with Crippen LogP contribution >= 0.6 is 0 Å². The number of benzene rings is 1. The van der Waals surface area contributed by atoms with E-state index >= 15 is 0 Å². The molecule has 1 aromatic carbocycles. The minimum Gasteiger partial charge on any atom is -0.497 e. The average Bonchev–Trinajstić information content (AvgIpc) is 3.47. The Kier molecular flexibility index (Phi) is 5.19. The summed E-state index contributed by atoms with van der Waals surface area (Å²) < 4.78 is 5.46. The normalized spacial score (nSPS) is 27.0. The van der Waals surface area contributed by atoms with E-state index < -0.39 is 17.5 Å². The third kappa shape index (κ3) is 2.99. The molecule has 0 aliphatic carbocycles. The number of methoxy groups -OCH3 is 1. The molecule has 1 aromatic rings. The van der Waals surface area contributed by atoms with Crippen LogP contribution in [0.2, 0.25) is 0 Å². The number of anilines is 1. The fourth-order valence-electron chi connectivity index (χ4n) is 5.78. The van der Waals surface area contributed by atoms with Crippen molar-refractivity contribution >= 4 is 23.4 Å². The van der Waals surface area contributed by atoms with Gasteiger partial charge in [-0.25, -0.2) is 0 Å². The minimum absolute atomic E-state index is 0.0895. The highest BCUT2D eigenvalue weighted by atomic mass is 16.5. The number of carbonyl (C=O) groups is 3. The van der Waals surface area contributed by atoms with E-state index in [1.54, 1.807) is 27.9 Å². The summed E-state index contributed by atoms with van der Waals surface area (Å²) in [6.07, 6.45) is 7.23. The number of allylic oxidation sites excluding steroid dienone is 2. The molecule has 0 saturated carbocycles. The van der Waals surface area contributed by atoms with Crippen LogP contribution < -0.4 is 9.64 Å². The van der Waals surface area contributed by atoms with Gasteiger partial charge in [0.1, 0.15) is 22.9 Å². The number of hydrogen-bond donors (Lipinski definition) is 0. The summed E-state index contributed by atoms with van der Waals surface area (Å²) in [5.41, 5.74) is 2.81. The lowest BCUT2D eigenvalue weighted by molar-refractivity contribution is -0.149. The molecule has 2 fully saturated rings. The Bertz CT molecular complexity index is 1190. The first-order valence-electron chi connectivity index (χ1n) is 11.9. The van der Waals surface area contributed by atoms with Crippen LogP contribution in [0.25, 0.3) is 0 Å². The van der Waals surface area contributed by atoms with Crippen LogP contribution in [0.3, 0.4) is 0 Å². The lowest BCUT2D eigenvalue weighted by Gasteiger charge is -2.40. The second-order valence-corrected chi connectivity index (χ2v) is 10.0. The summed E-state index contributed by atoms with van der Waals surface area (Å²) in [5.74, 6) is 0.282. The van der Waals surface area contributed by atoms with Gasteiger partial charge in [0.05, 0.1) is 18.8 Å². The zero-order valence-corrected chi connectivity index (χ0v) is 20.4. The SMILES string of the molecule is COc1ccc2c(c1)N(CC=C(C)C)C(=O)[C@@]21C=C2C(=O)N3CCC[C@H]3C(=O)N2[C@H]1C=C(C)C. The first-order valence-corrected chi connectivity index (χ1v) is 11.9. The molecule has 4 aliphatic rings. The van der Waals surface area contributed by atoms with Gasteiger partial charge in [0.2, 0.25) is 5.91 Å². The first kappa shape index (κ1) is 22.4. The molecule has 7 nitrogen and oxygen atoms in total. The Hall–Kier alpha value is -3.35. The third-order valence-electron chi connectivity index (χ3n) is 7.34. The van der Waals surface area contributed by atoms with Crippen LogP contribution in [0.5, 0.6) is 5.75 Å². The first-order chi connectivity index (χ1) is 16.2. The van der Waals surface area contributed by atoms with E-state index in [9.17, 15) is 14.4 Å². The highest BCUT2D eigenvalue weighted by molar-refractivity contribution is 6.15. The molecule has 0 radical (unpaired) electrons. The van der Waals surface area contributed by atoms with Gasteiger partial charge in [-0.05, 0) is 58.2 Å². The van der Waals surface area contributed by atoms with Crippen molar-refractivity contribution in [2.24, 2.45) is 0 Å². The quantitative estimate of drug-likeness (QED) is 0.645. The molecule has 7 heteroatoms. The van der Waals surface area contributed by atoms with Gasteiger partial charge in [-0.1, -0.05) is 29.4 Å². The van der Waals surface area contributed by atoms with Gasteiger partial charge in [-0.15, -0.1) is 0 Å². The number of hydrogen-bond acceptors (Lipinski definition) is 4. The number of fused-ring (bicyclic) bond motifs is 4. The Morgan fingerprint density at radius 1 is 1.15 bits per heavy atom. The number of piperazine rings is 1. The van der Waals surface area contributed by atoms with E-state index in [1.165, 1.54) is 0 Å². The smallest absolute Gasteiger partial charge is 0.270 e. The Labute approximate surface area is 200 Å². The zero-order chi connectivity index (χ0) is 24.4. The largest absolute Gasteiger partial charge is 0.497 e. The summed E-state index contributed by atoms with van der Waals surface area (Å²) in [6, 6.07) is 4.59. The van der Waals surface area contributed by atoms with Crippen LogP contribution in [0.4, 0.5) is 5.69 Å². The lowest BCUT2D eigenvalue weighted by Crippen LogP contribution is -2.59. The molecule has 0 aromatic heterocycles. The van der Waals surface area contributed by atoms with Gasteiger partial charge in [0.15, 0.2) is 0 Å². The van der Waals surface area contributed by atoms with Gasteiger partial charge in [0, 0.05) is 19.2 Å². The zero-order valence-electron chi connectivity index (χ0n) is 20.4. The lowest BCUT2D eigenvalue weighted by atomic mass is 9.75. The molecule has 4 heterocycles. The van der Waals surface area contributed by atoms with Gasteiger partial charge >= 0.3 is 0 Å². The Balaban J connectivity index is 1.74. The second-order valence-electron chi connectivity index (χ2n) is 10.0. The molecule has 0 N–H and O–H groups in total. The molecule has 0 bridgehead atoms. The topological polar surface area (TPSA) is 70.2 Å². The molecule has 3 atom stereocenters. The fourth-order valence-corrected chi connectivity index (χ4v) is 5.78. The van der Waals surface area contributed by atoms with Crippen LogP contribution in [0.15, 0.2) is 53.3 Å². The van der Waals surface area contributed by atoms with Crippen molar-refractivity contribution in [3.8, 4) is 5.75 Å². The standard InChI is InChI=1S/C27H31N3O4/c1-16(2)10-12-29-21-14-18(34-5)8-9-19(21)27(26(29)33)15-22-24(31)28-11-6-7-20(28)25(32)30(22)23(27)13-17(3)4/h8-10,13-15,20,23H,6-7,11-12H2,1-5H3/t20-,23-,27-/m0/s1. The third-order valence-corrected chi connectivity index (χ3v) is 7.34. The van der Waals surface area contributed by atoms with Gasteiger partial charge in [-0.3, -0.25) is 19.3 Å². The van der Waals surface area contributed by atoms with E-state index in [-0.39, 0.29) is 17.7 Å². The predicted molar refractivity (Wildman–Crippen MR) is 129 cm³/mol. The molecular formula is C27H31N3O4. The molecule has 4 aliphatic heterocycles. The number of amides is 3. The predicted octanol–water partition coefficient (Wildman–Crippen LogP) is 3.31. The number of ether oxygens (including phenoxy) is 1. The van der Waals surface area contributed by atoms with Gasteiger partial charge in [0.25, 0.3) is 11.8 Å². The van der Waals surface area contributed by atoms with E-state index in [1.807, 2.05) is 58.0 Å². The van der Waals surface area contributed by atoms with E-state index in [0.717, 1.165) is 28.8 Å². The van der Waals surface area contributed by atoms with Gasteiger partial charge in [-0.2, -0.15) is 0 Å². The molecular weight excluding hydrogens is 430 g/mol. The fraction of sp³-hybridized carbons (Fsp3) is 0.444. The molecule has 1 spiro atoms. The van der Waals surface area contributed by atoms with Crippen LogP contribution in [-0.2, 0) is 19.8 Å². The summed E-state index contributed by atoms with van der Waals surface area (Å²) in [5, 5.41) is 0. The van der Waals surface area contributed by atoms with Crippen molar-refractivity contribution in [2.45, 2.75) is 58.0 Å². The number of nitrogens with zero attached hydrogens (tertiary/aromatic N) is 3. The van der Waals surface area contributed by atoms with Crippen molar-refractivity contribution in [1.29, 1.82) is 0 Å². The Morgan fingerprint density at radius 2 is 1.91 bits per heavy atom. The average molecular weight is 462 g/mol. The monoisotopic (exact) mass is 461 g/mol.